The molecule has 4 N–H and O–H groups in total. The van der Waals surface area contributed by atoms with Crippen LogP contribution in [-0.2, 0) is 28.7 Å². The van der Waals surface area contributed by atoms with E-state index in [0.717, 1.165) is 38.2 Å². The number of hydrogen-bond acceptors (Lipinski definition) is 9. The lowest BCUT2D eigenvalue weighted by atomic mass is 9.82. The lowest BCUT2D eigenvalue weighted by Crippen LogP contribution is -2.62. The Balaban J connectivity index is 1.63. The molecule has 4 rings (SSSR count). The minimum Gasteiger partial charge on any atom is -0.488 e. The van der Waals surface area contributed by atoms with E-state index in [1.54, 1.807) is 33.8 Å². The molecule has 3 fully saturated rings. The highest BCUT2D eigenvalue weighted by Gasteiger charge is 2.47. The van der Waals surface area contributed by atoms with Crippen LogP contribution in [0.3, 0.4) is 0 Å². The Bertz CT molecular complexity index is 1630. The summed E-state index contributed by atoms with van der Waals surface area (Å²) < 4.78 is 20.0. The smallest absolute Gasteiger partial charge is 0.289 e. The van der Waals surface area contributed by atoms with Crippen LogP contribution in [0.5, 0.6) is 0 Å². The molecule has 5 amide bonds. The number of ether oxygens (including phenoxy) is 1. The molecule has 1 aromatic rings. The summed E-state index contributed by atoms with van der Waals surface area (Å²) in [5.41, 5.74) is -0.841. The van der Waals surface area contributed by atoms with E-state index < -0.39 is 76.8 Å². The van der Waals surface area contributed by atoms with E-state index >= 15 is 0 Å². The maximum absolute atomic E-state index is 14.7. The van der Waals surface area contributed by atoms with Crippen molar-refractivity contribution < 1.29 is 37.9 Å². The van der Waals surface area contributed by atoms with E-state index in [1.807, 2.05) is 6.92 Å². The van der Waals surface area contributed by atoms with Gasteiger partial charge in [-0.1, -0.05) is 66.0 Å². The fourth-order valence-electron chi connectivity index (χ4n) is 7.02. The Morgan fingerprint density at radius 1 is 1.04 bits per heavy atom. The van der Waals surface area contributed by atoms with Crippen molar-refractivity contribution in [3.63, 3.8) is 0 Å². The third kappa shape index (κ3) is 12.3. The molecule has 1 aromatic heterocycles. The molecule has 2 aliphatic carbocycles. The van der Waals surface area contributed by atoms with Gasteiger partial charge in [-0.25, -0.2) is 9.37 Å². The summed E-state index contributed by atoms with van der Waals surface area (Å²) in [5, 5.41) is 11.2. The van der Waals surface area contributed by atoms with Gasteiger partial charge in [-0.3, -0.25) is 33.8 Å². The van der Waals surface area contributed by atoms with Gasteiger partial charge in [0.2, 0.25) is 23.5 Å². The molecule has 3 aliphatic rings. The van der Waals surface area contributed by atoms with E-state index in [9.17, 15) is 33.2 Å². The average Bonchev–Trinajstić information content (AvgIpc) is 3.86. The molecule has 1 saturated heterocycles. The van der Waals surface area contributed by atoms with Crippen LogP contribution in [0.4, 0.5) is 4.39 Å². The second-order valence-electron chi connectivity index (χ2n) is 15.7. The number of allylic oxidation sites excluding steroid dienone is 4. The molecule has 1 aliphatic heterocycles. The molecule has 2 heterocycles. The number of halogens is 1. The summed E-state index contributed by atoms with van der Waals surface area (Å²) in [6.07, 6.45) is 14.0. The molecule has 0 aromatic carbocycles. The summed E-state index contributed by atoms with van der Waals surface area (Å²) in [6.45, 7) is 12.0. The van der Waals surface area contributed by atoms with Gasteiger partial charge < -0.3 is 30.9 Å². The number of Topliss-reactive ketones (excluding diaryl/α,β-unsaturated/α-hetero) is 1. The fraction of sp³-hybridized carbons (Fsp3) is 0.600. The van der Waals surface area contributed by atoms with Gasteiger partial charge in [0.05, 0.1) is 18.8 Å². The number of amides is 5. The Labute approximate surface area is 322 Å². The number of likely N-dealkylation sites (tertiary alicyclic amines) is 1. The molecule has 0 unspecified atom stereocenters. The van der Waals surface area contributed by atoms with Crippen LogP contribution in [0, 0.1) is 11.3 Å². The van der Waals surface area contributed by atoms with Gasteiger partial charge in [0.15, 0.2) is 0 Å². The van der Waals surface area contributed by atoms with Crippen molar-refractivity contribution in [3.8, 4) is 0 Å². The summed E-state index contributed by atoms with van der Waals surface area (Å²) in [5.74, 6) is -4.77. The van der Waals surface area contributed by atoms with Crippen molar-refractivity contribution in [3.05, 3.63) is 60.7 Å². The van der Waals surface area contributed by atoms with Gasteiger partial charge in [0.25, 0.3) is 11.8 Å². The van der Waals surface area contributed by atoms with Gasteiger partial charge in [-0.2, -0.15) is 0 Å². The Morgan fingerprint density at radius 3 is 2.33 bits per heavy atom. The van der Waals surface area contributed by atoms with Crippen LogP contribution in [0.15, 0.2) is 55.0 Å². The van der Waals surface area contributed by atoms with E-state index in [1.165, 1.54) is 29.6 Å². The van der Waals surface area contributed by atoms with Gasteiger partial charge >= 0.3 is 0 Å². The summed E-state index contributed by atoms with van der Waals surface area (Å²) in [7, 11) is 0. The van der Waals surface area contributed by atoms with Crippen LogP contribution in [0.2, 0.25) is 0 Å². The molecule has 14 nitrogen and oxygen atoms in total. The first-order chi connectivity index (χ1) is 26.1. The Kier molecular flexibility index (Phi) is 15.2. The molecule has 2 saturated carbocycles. The number of aromatic nitrogens is 2. The van der Waals surface area contributed by atoms with Crippen LogP contribution in [0.1, 0.15) is 109 Å². The molecule has 5 atom stereocenters. The summed E-state index contributed by atoms with van der Waals surface area (Å²) in [6, 6.07) is -4.52. The largest absolute Gasteiger partial charge is 0.488 e. The molecule has 15 heteroatoms. The molecule has 55 heavy (non-hydrogen) atoms. The lowest BCUT2D eigenvalue weighted by molar-refractivity contribution is -0.145. The standard InChI is InChI=1S/C40H56FN7O7/c1-7-12-27(20-24(3)41)55-28-21-31(36(51)45-29(13-8-2)33(49)38(53)44-26-16-17-26)48(23-28)39(54)34(40(4,5)6)47-37(52)32(25-14-10-9-11-15-25)46-35(50)30-22-42-18-19-43-30/h7,12,18-20,22,25-26,28-29,31-32,34H,3,8-11,13-17,21,23H2,1-2,4-6H3,(H,44,53)(H,45,51)(H,46,50)(H,47,52)/b12-7-,27-20+/t28-,29+,31+,32+,34-/m1/s1. The topological polar surface area (TPSA) is 189 Å². The number of nitrogens with zero attached hydrogens (tertiary/aromatic N) is 3. The van der Waals surface area contributed by atoms with Crippen molar-refractivity contribution in [1.82, 2.24) is 36.1 Å². The molecule has 0 radical (unpaired) electrons. The molecule has 300 valence electrons. The maximum atomic E-state index is 14.7. The van der Waals surface area contributed by atoms with Crippen molar-refractivity contribution in [2.24, 2.45) is 11.3 Å². The predicted molar refractivity (Wildman–Crippen MR) is 202 cm³/mol. The second kappa shape index (κ2) is 19.6. The second-order valence-corrected chi connectivity index (χ2v) is 15.7. The van der Waals surface area contributed by atoms with Gasteiger partial charge in [0, 0.05) is 30.9 Å². The normalized spacial score (nSPS) is 20.9. The van der Waals surface area contributed by atoms with E-state index in [0.29, 0.717) is 19.3 Å². The Morgan fingerprint density at radius 2 is 1.75 bits per heavy atom. The highest BCUT2D eigenvalue weighted by Crippen LogP contribution is 2.31. The monoisotopic (exact) mass is 765 g/mol. The van der Waals surface area contributed by atoms with Crippen molar-refractivity contribution in [2.45, 2.75) is 135 Å². The van der Waals surface area contributed by atoms with Crippen LogP contribution in [0.25, 0.3) is 0 Å². The van der Waals surface area contributed by atoms with Crippen molar-refractivity contribution in [1.29, 1.82) is 0 Å². The summed E-state index contributed by atoms with van der Waals surface area (Å²) >= 11 is 0. The lowest BCUT2D eigenvalue weighted by Gasteiger charge is -2.37. The third-order valence-corrected chi connectivity index (χ3v) is 10.0. The van der Waals surface area contributed by atoms with Crippen molar-refractivity contribution >= 4 is 35.3 Å². The first kappa shape index (κ1) is 42.8. The molecule has 0 bridgehead atoms. The zero-order chi connectivity index (χ0) is 40.3. The predicted octanol–water partition coefficient (Wildman–Crippen LogP) is 3.75. The fourth-order valence-corrected chi connectivity index (χ4v) is 7.02. The number of carbonyl (C=O) groups is 6. The first-order valence-electron chi connectivity index (χ1n) is 19.3. The number of ketones is 1. The maximum Gasteiger partial charge on any atom is 0.289 e. The number of rotatable bonds is 17. The third-order valence-electron chi connectivity index (χ3n) is 10.0. The number of nitrogens with one attached hydrogen (secondary N) is 4. The zero-order valence-corrected chi connectivity index (χ0v) is 32.6. The highest BCUT2D eigenvalue weighted by atomic mass is 19.1. The average molecular weight is 766 g/mol. The van der Waals surface area contributed by atoms with E-state index in [2.05, 4.69) is 37.8 Å². The number of carbonyl (C=O) groups excluding carboxylic acids is 6. The highest BCUT2D eigenvalue weighted by molar-refractivity contribution is 6.38. The van der Waals surface area contributed by atoms with E-state index in [4.69, 9.17) is 4.74 Å². The minimum atomic E-state index is -1.18. The van der Waals surface area contributed by atoms with Gasteiger partial charge in [-0.05, 0) is 56.4 Å². The molecular weight excluding hydrogens is 709 g/mol. The van der Waals surface area contributed by atoms with Crippen LogP contribution in [-0.4, -0.2) is 93.0 Å². The molecular formula is C40H56FN7O7. The Hall–Kier alpha value is -4.95. The SMILES string of the molecule is C=C(F)/C=C(\C=C/C)O[C@@H]1C[C@@H](C(=O)N[C@@H](CCC)C(=O)C(=O)NC2CC2)N(C(=O)[C@@H](NC(=O)[C@@H](NC(=O)c2cnccn2)C2CCCCC2)C(C)(C)C)C1. The zero-order valence-electron chi connectivity index (χ0n) is 32.6. The van der Waals surface area contributed by atoms with E-state index in [-0.39, 0.29) is 42.8 Å². The first-order valence-corrected chi connectivity index (χ1v) is 19.3. The molecule has 0 spiro atoms. The minimum absolute atomic E-state index is 0.0315. The quantitative estimate of drug-likeness (QED) is 0.104. The van der Waals surface area contributed by atoms with Gasteiger partial charge in [-0.15, -0.1) is 0 Å². The van der Waals surface area contributed by atoms with Gasteiger partial charge in [0.1, 0.15) is 41.5 Å². The van der Waals surface area contributed by atoms with Crippen LogP contribution >= 0.6 is 0 Å². The number of hydrogen-bond donors (Lipinski definition) is 4. The van der Waals surface area contributed by atoms with Crippen molar-refractivity contribution in [2.75, 3.05) is 6.54 Å². The summed E-state index contributed by atoms with van der Waals surface area (Å²) in [4.78, 5) is 91.6. The van der Waals surface area contributed by atoms with Crippen LogP contribution < -0.4 is 21.3 Å².